The predicted octanol–water partition coefficient (Wildman–Crippen LogP) is 3.27. The lowest BCUT2D eigenvalue weighted by Crippen LogP contribution is -2.40. The highest BCUT2D eigenvalue weighted by atomic mass is 35.5. The Balaban J connectivity index is 1.51. The Hall–Kier alpha value is -4.05. The van der Waals surface area contributed by atoms with Crippen LogP contribution < -0.4 is 16.2 Å². The van der Waals surface area contributed by atoms with E-state index in [4.69, 9.17) is 32.5 Å². The summed E-state index contributed by atoms with van der Waals surface area (Å²) in [5.74, 6) is -1.83. The van der Waals surface area contributed by atoms with E-state index < -0.39 is 24.5 Å². The van der Waals surface area contributed by atoms with Crippen LogP contribution in [0.3, 0.4) is 0 Å². The highest BCUT2D eigenvalue weighted by Gasteiger charge is 2.26. The van der Waals surface area contributed by atoms with Gasteiger partial charge in [0.25, 0.3) is 0 Å². The third-order valence-corrected chi connectivity index (χ3v) is 6.30. The minimum Gasteiger partial charge on any atom is -0.486 e. The average molecular weight is 535 g/mol. The summed E-state index contributed by atoms with van der Waals surface area (Å²) in [5, 5.41) is 0.574. The van der Waals surface area contributed by atoms with Crippen molar-refractivity contribution in [3.05, 3.63) is 100 Å². The molecule has 1 unspecified atom stereocenters. The van der Waals surface area contributed by atoms with Crippen LogP contribution in [0.15, 0.2) is 72.9 Å². The van der Waals surface area contributed by atoms with Gasteiger partial charge in [0.15, 0.2) is 11.4 Å². The van der Waals surface area contributed by atoms with Crippen molar-refractivity contribution in [2.75, 3.05) is 19.6 Å². The van der Waals surface area contributed by atoms with E-state index in [9.17, 15) is 14.4 Å². The molecule has 1 aliphatic heterocycles. The minimum absolute atomic E-state index is 0.131. The number of carbonyl (C=O) groups is 3. The predicted molar refractivity (Wildman–Crippen MR) is 142 cm³/mol. The first kappa shape index (κ1) is 27.0. The summed E-state index contributed by atoms with van der Waals surface area (Å²) in [6.07, 6.45) is 3.99. The Bertz CT molecular complexity index is 1350. The molecule has 1 aliphatic rings. The van der Waals surface area contributed by atoms with Crippen LogP contribution in [0.25, 0.3) is 5.57 Å². The lowest BCUT2D eigenvalue weighted by Gasteiger charge is -2.29. The van der Waals surface area contributed by atoms with Crippen LogP contribution in [0.5, 0.6) is 5.75 Å². The lowest BCUT2D eigenvalue weighted by molar-refractivity contribution is -0.136. The number of benzene rings is 2. The van der Waals surface area contributed by atoms with E-state index in [-0.39, 0.29) is 24.0 Å². The molecule has 1 atom stereocenters. The number of ether oxygens (including phenoxy) is 2. The van der Waals surface area contributed by atoms with Gasteiger partial charge in [0.2, 0.25) is 5.91 Å². The molecule has 1 amide bonds. The van der Waals surface area contributed by atoms with E-state index in [1.54, 1.807) is 35.2 Å². The van der Waals surface area contributed by atoms with Gasteiger partial charge in [-0.15, -0.1) is 0 Å². The van der Waals surface area contributed by atoms with E-state index in [2.05, 4.69) is 4.98 Å². The lowest BCUT2D eigenvalue weighted by atomic mass is 9.99. The number of hydrogen-bond donors (Lipinski definition) is 2. The Morgan fingerprint density at radius 1 is 1.08 bits per heavy atom. The second kappa shape index (κ2) is 12.5. The van der Waals surface area contributed by atoms with Crippen LogP contribution in [-0.4, -0.2) is 47.4 Å². The van der Waals surface area contributed by atoms with Crippen molar-refractivity contribution in [2.45, 2.75) is 19.1 Å². The minimum atomic E-state index is -0.944. The average Bonchev–Trinajstić information content (AvgIpc) is 2.96. The highest BCUT2D eigenvalue weighted by Crippen LogP contribution is 2.29. The molecule has 38 heavy (non-hydrogen) atoms. The van der Waals surface area contributed by atoms with Crippen LogP contribution in [0.2, 0.25) is 5.02 Å². The smallest absolute Gasteiger partial charge is 0.368 e. The maximum Gasteiger partial charge on any atom is 0.368 e. The van der Waals surface area contributed by atoms with E-state index in [0.717, 1.165) is 16.7 Å². The van der Waals surface area contributed by atoms with Gasteiger partial charge < -0.3 is 25.8 Å². The van der Waals surface area contributed by atoms with Gasteiger partial charge in [0, 0.05) is 24.3 Å². The molecule has 0 saturated heterocycles. The summed E-state index contributed by atoms with van der Waals surface area (Å²) in [7, 11) is 0. The van der Waals surface area contributed by atoms with Crippen LogP contribution in [0.1, 0.15) is 39.6 Å². The number of rotatable bonds is 8. The molecular weight excluding hydrogens is 508 g/mol. The molecule has 2 heterocycles. The van der Waals surface area contributed by atoms with Gasteiger partial charge in [-0.05, 0) is 46.9 Å². The molecule has 0 fully saturated rings. The Morgan fingerprint density at radius 3 is 2.47 bits per heavy atom. The Labute approximate surface area is 225 Å². The first-order chi connectivity index (χ1) is 18.4. The number of carbonyl (C=O) groups excluding carboxylic acids is 3. The van der Waals surface area contributed by atoms with Crippen molar-refractivity contribution in [3.8, 4) is 5.75 Å². The monoisotopic (exact) mass is 534 g/mol. The maximum atomic E-state index is 13.0. The van der Waals surface area contributed by atoms with E-state index >= 15 is 0 Å². The van der Waals surface area contributed by atoms with Crippen molar-refractivity contribution >= 4 is 35.0 Å². The third kappa shape index (κ3) is 6.63. The molecule has 0 spiro atoms. The third-order valence-electron chi connectivity index (χ3n) is 6.04. The van der Waals surface area contributed by atoms with E-state index in [1.807, 2.05) is 36.4 Å². The zero-order valence-electron chi connectivity index (χ0n) is 20.5. The van der Waals surface area contributed by atoms with Crippen molar-refractivity contribution < 1.29 is 23.9 Å². The zero-order valence-corrected chi connectivity index (χ0v) is 21.3. The van der Waals surface area contributed by atoms with E-state index in [1.165, 1.54) is 6.20 Å². The van der Waals surface area contributed by atoms with Crippen molar-refractivity contribution in [1.82, 2.24) is 9.88 Å². The Morgan fingerprint density at radius 2 is 1.82 bits per heavy atom. The number of aromatic nitrogens is 1. The summed E-state index contributed by atoms with van der Waals surface area (Å²) >= 11 is 5.93. The van der Waals surface area contributed by atoms with Crippen LogP contribution in [0, 0.1) is 0 Å². The molecule has 0 radical (unpaired) electrons. The molecule has 10 heteroatoms. The molecule has 0 bridgehead atoms. The fourth-order valence-electron chi connectivity index (χ4n) is 3.95. The first-order valence-electron chi connectivity index (χ1n) is 12.0. The molecule has 4 rings (SSSR count). The first-order valence-corrected chi connectivity index (χ1v) is 12.3. The molecule has 1 aromatic heterocycles. The van der Waals surface area contributed by atoms with Gasteiger partial charge in [0.05, 0.1) is 6.54 Å². The molecule has 3 aromatic rings. The summed E-state index contributed by atoms with van der Waals surface area (Å²) in [4.78, 5) is 43.0. The number of halogens is 1. The van der Waals surface area contributed by atoms with Crippen molar-refractivity contribution in [3.63, 3.8) is 0 Å². The summed E-state index contributed by atoms with van der Waals surface area (Å²) in [6, 6.07) is 17.2. The fourth-order valence-corrected chi connectivity index (χ4v) is 4.08. The number of nitrogens with zero attached hydrogens (tertiary/aromatic N) is 2. The van der Waals surface area contributed by atoms with Crippen LogP contribution >= 0.6 is 11.6 Å². The molecule has 4 N–H and O–H groups in total. The van der Waals surface area contributed by atoms with E-state index in [0.29, 0.717) is 30.1 Å². The summed E-state index contributed by atoms with van der Waals surface area (Å²) in [6.45, 7) is 0.570. The van der Waals surface area contributed by atoms with Gasteiger partial charge in [-0.25, -0.2) is 9.78 Å². The standard InChI is InChI=1S/C28H27ClN4O5/c29-22-8-6-20(7-9-22)25(31)27(35)33-12-10-19(11-13-33)21-14-23(37-17-18-4-2-1-3-5-18)26(32-16-21)28(36)38-24(34)15-30/h1-10,14,16,25H,11-13,15,17,30-31H2. The second-order valence-electron chi connectivity index (χ2n) is 8.60. The van der Waals surface area contributed by atoms with Crippen LogP contribution in [0.4, 0.5) is 0 Å². The molecule has 2 aromatic carbocycles. The Kier molecular flexibility index (Phi) is 8.85. The van der Waals surface area contributed by atoms with Gasteiger partial charge in [-0.2, -0.15) is 0 Å². The fraction of sp³-hybridized carbons (Fsp3) is 0.214. The van der Waals surface area contributed by atoms with Crippen molar-refractivity contribution in [1.29, 1.82) is 0 Å². The molecule has 0 saturated carbocycles. The van der Waals surface area contributed by atoms with Gasteiger partial charge in [0.1, 0.15) is 12.6 Å². The number of amides is 1. The maximum absolute atomic E-state index is 13.0. The molecule has 196 valence electrons. The molecule has 0 aliphatic carbocycles. The molecular formula is C28H27ClN4O5. The SMILES string of the molecule is NCC(=O)OC(=O)c1ncc(C2=CCN(C(=O)C(N)c3ccc(Cl)cc3)CC2)cc1OCc1ccccc1. The van der Waals surface area contributed by atoms with Gasteiger partial charge in [-0.1, -0.05) is 60.1 Å². The number of nitrogens with two attached hydrogens (primary N) is 2. The molecule has 9 nitrogen and oxygen atoms in total. The quantitative estimate of drug-likeness (QED) is 0.332. The van der Waals surface area contributed by atoms with Crippen molar-refractivity contribution in [2.24, 2.45) is 11.5 Å². The van der Waals surface area contributed by atoms with Crippen LogP contribution in [-0.2, 0) is 20.9 Å². The number of hydrogen-bond acceptors (Lipinski definition) is 8. The van der Waals surface area contributed by atoms with Gasteiger partial charge in [-0.3, -0.25) is 9.59 Å². The normalized spacial score (nSPS) is 13.9. The summed E-state index contributed by atoms with van der Waals surface area (Å²) in [5.41, 5.74) is 14.6. The summed E-state index contributed by atoms with van der Waals surface area (Å²) < 4.78 is 10.7. The second-order valence-corrected chi connectivity index (χ2v) is 9.04. The largest absolute Gasteiger partial charge is 0.486 e. The zero-order chi connectivity index (χ0) is 27.1. The highest BCUT2D eigenvalue weighted by molar-refractivity contribution is 6.30. The number of pyridine rings is 1. The van der Waals surface area contributed by atoms with Gasteiger partial charge >= 0.3 is 11.9 Å². The number of esters is 2. The topological polar surface area (TPSA) is 138 Å².